The summed E-state index contributed by atoms with van der Waals surface area (Å²) in [6.45, 7) is 6.25. The fourth-order valence-corrected chi connectivity index (χ4v) is 5.78. The Labute approximate surface area is 202 Å². The molecular formula is C27H37N3O2S. The molecule has 1 N–H and O–H groups in total. The Morgan fingerprint density at radius 1 is 1.21 bits per heavy atom. The van der Waals surface area contributed by atoms with Gasteiger partial charge in [-0.2, -0.15) is 0 Å². The molecule has 0 spiro atoms. The Balaban J connectivity index is 1.31. The number of hydrogen-bond donors (Lipinski definition) is 1. The van der Waals surface area contributed by atoms with E-state index < -0.39 is 0 Å². The number of aliphatic hydroxyl groups is 1. The predicted molar refractivity (Wildman–Crippen MR) is 139 cm³/mol. The third-order valence-corrected chi connectivity index (χ3v) is 8.31. The van der Waals surface area contributed by atoms with Gasteiger partial charge in [-0.1, -0.05) is 26.0 Å². The van der Waals surface area contributed by atoms with E-state index in [1.165, 1.54) is 17.7 Å². The van der Waals surface area contributed by atoms with Crippen molar-refractivity contribution in [2.24, 2.45) is 16.8 Å². The van der Waals surface area contributed by atoms with Crippen LogP contribution in [0, 0.1) is 11.8 Å². The summed E-state index contributed by atoms with van der Waals surface area (Å²) in [7, 11) is 4.31. The number of aliphatic hydroxyl groups excluding tert-OH is 1. The van der Waals surface area contributed by atoms with E-state index in [-0.39, 0.29) is 23.7 Å². The minimum Gasteiger partial charge on any atom is -0.393 e. The quantitative estimate of drug-likeness (QED) is 0.565. The van der Waals surface area contributed by atoms with E-state index in [9.17, 15) is 9.90 Å². The van der Waals surface area contributed by atoms with Gasteiger partial charge in [-0.05, 0) is 75.9 Å². The minimum atomic E-state index is -0.303. The molecule has 0 radical (unpaired) electrons. The summed E-state index contributed by atoms with van der Waals surface area (Å²) in [6.07, 6.45) is 5.92. The average molecular weight is 468 g/mol. The first-order chi connectivity index (χ1) is 15.8. The highest BCUT2D eigenvalue weighted by Gasteiger charge is 2.27. The first kappa shape index (κ1) is 24.1. The summed E-state index contributed by atoms with van der Waals surface area (Å²) in [5, 5.41) is 10.1. The Morgan fingerprint density at radius 3 is 2.64 bits per heavy atom. The molecule has 4 rings (SSSR count). The number of carbonyl (C=O) groups excluding carboxylic acids is 1. The molecule has 0 amide bonds. The Kier molecular flexibility index (Phi) is 7.67. The topological polar surface area (TPSA) is 56.1 Å². The third-order valence-electron chi connectivity index (χ3n) is 7.11. The maximum atomic E-state index is 13.1. The van der Waals surface area contributed by atoms with E-state index in [0.29, 0.717) is 6.04 Å². The molecule has 1 fully saturated rings. The Bertz CT molecular complexity index is 980. The molecule has 33 heavy (non-hydrogen) atoms. The highest BCUT2D eigenvalue weighted by molar-refractivity contribution is 7.14. The van der Waals surface area contributed by atoms with Crippen LogP contribution in [-0.2, 0) is 12.8 Å². The number of carbonyl (C=O) groups is 1. The number of nitrogens with zero attached hydrogens (tertiary/aromatic N) is 3. The van der Waals surface area contributed by atoms with Crippen molar-refractivity contribution < 1.29 is 9.90 Å². The van der Waals surface area contributed by atoms with Crippen molar-refractivity contribution in [3.8, 4) is 0 Å². The molecule has 1 aromatic heterocycles. The van der Waals surface area contributed by atoms with Crippen molar-refractivity contribution >= 4 is 34.7 Å². The molecule has 3 heterocycles. The standard InChI is InChI=1S/C27H37N3O2S/c1-18(2)25(31)12-11-23-15-24-27(33-23)26(32)20(16-28-24)8-5-19-6-9-21(10-7-19)30-14-13-22(17-30)29(3)4/h6-7,9-10,15-16,18,20,22,25,31H,5,8,11-14,17H2,1-4H3/t20?,22-,25?/m1/s1. The van der Waals surface area contributed by atoms with Gasteiger partial charge >= 0.3 is 0 Å². The molecule has 3 atom stereocenters. The van der Waals surface area contributed by atoms with E-state index in [2.05, 4.69) is 53.2 Å². The second-order valence-corrected chi connectivity index (χ2v) is 11.2. The Morgan fingerprint density at radius 2 is 1.97 bits per heavy atom. The van der Waals surface area contributed by atoms with Crippen LogP contribution in [0.15, 0.2) is 35.3 Å². The van der Waals surface area contributed by atoms with Crippen molar-refractivity contribution in [2.75, 3.05) is 32.1 Å². The van der Waals surface area contributed by atoms with E-state index in [4.69, 9.17) is 0 Å². The molecule has 2 aromatic rings. The number of thiophene rings is 1. The number of ketones is 1. The lowest BCUT2D eigenvalue weighted by Gasteiger charge is -2.22. The van der Waals surface area contributed by atoms with Crippen LogP contribution in [0.1, 0.15) is 53.2 Å². The van der Waals surface area contributed by atoms with Gasteiger partial charge in [-0.25, -0.2) is 0 Å². The minimum absolute atomic E-state index is 0.149. The maximum absolute atomic E-state index is 13.1. The zero-order valence-corrected chi connectivity index (χ0v) is 21.1. The number of aliphatic imine (C=N–C) groups is 1. The molecule has 1 saturated heterocycles. The van der Waals surface area contributed by atoms with Crippen LogP contribution in [0.2, 0.25) is 0 Å². The van der Waals surface area contributed by atoms with Gasteiger partial charge < -0.3 is 14.9 Å². The summed E-state index contributed by atoms with van der Waals surface area (Å²) >= 11 is 1.56. The fourth-order valence-electron chi connectivity index (χ4n) is 4.66. The van der Waals surface area contributed by atoms with Gasteiger partial charge in [0.05, 0.1) is 22.6 Å². The van der Waals surface area contributed by atoms with Crippen LogP contribution < -0.4 is 4.90 Å². The number of hydrogen-bond acceptors (Lipinski definition) is 6. The number of likely N-dealkylation sites (N-methyl/N-ethyl adjacent to an activating group) is 1. The van der Waals surface area contributed by atoms with Gasteiger partial charge in [0.25, 0.3) is 0 Å². The summed E-state index contributed by atoms with van der Waals surface area (Å²) in [5.41, 5.74) is 3.36. The zero-order valence-electron chi connectivity index (χ0n) is 20.3. The van der Waals surface area contributed by atoms with Crippen molar-refractivity contribution in [3.63, 3.8) is 0 Å². The normalized spacial score (nSPS) is 21.3. The molecule has 178 valence electrons. The number of anilines is 1. The molecule has 2 aliphatic heterocycles. The summed E-state index contributed by atoms with van der Waals surface area (Å²) in [6, 6.07) is 11.5. The highest BCUT2D eigenvalue weighted by atomic mass is 32.1. The van der Waals surface area contributed by atoms with Crippen molar-refractivity contribution in [1.82, 2.24) is 4.90 Å². The second-order valence-electron chi connectivity index (χ2n) is 10.1. The molecule has 5 nitrogen and oxygen atoms in total. The lowest BCUT2D eigenvalue weighted by atomic mass is 9.93. The van der Waals surface area contributed by atoms with Gasteiger partial charge in [0.2, 0.25) is 0 Å². The summed E-state index contributed by atoms with van der Waals surface area (Å²) in [4.78, 5) is 24.4. The van der Waals surface area contributed by atoms with Gasteiger partial charge in [0, 0.05) is 35.9 Å². The molecule has 2 aliphatic rings. The molecule has 0 aliphatic carbocycles. The molecule has 0 saturated carbocycles. The fraction of sp³-hybridized carbons (Fsp3) is 0.556. The van der Waals surface area contributed by atoms with E-state index in [0.717, 1.165) is 54.2 Å². The first-order valence-corrected chi connectivity index (χ1v) is 13.0. The number of Topliss-reactive ketones (excluding diaryl/α,β-unsaturated/α-hetero) is 1. The van der Waals surface area contributed by atoms with Crippen LogP contribution in [0.4, 0.5) is 11.4 Å². The monoisotopic (exact) mass is 467 g/mol. The zero-order chi connectivity index (χ0) is 23.5. The van der Waals surface area contributed by atoms with Crippen LogP contribution >= 0.6 is 11.3 Å². The van der Waals surface area contributed by atoms with E-state index >= 15 is 0 Å². The third kappa shape index (κ3) is 5.73. The van der Waals surface area contributed by atoms with Gasteiger partial charge in [0.1, 0.15) is 0 Å². The van der Waals surface area contributed by atoms with Crippen molar-refractivity contribution in [2.45, 2.75) is 58.1 Å². The van der Waals surface area contributed by atoms with Crippen molar-refractivity contribution in [1.29, 1.82) is 0 Å². The molecule has 0 bridgehead atoms. The van der Waals surface area contributed by atoms with Crippen molar-refractivity contribution in [3.05, 3.63) is 45.6 Å². The molecule has 2 unspecified atom stereocenters. The SMILES string of the molecule is CC(C)C(O)CCc1cc2c(s1)C(=O)C(CCc1ccc(N3CC[C@@H](N(C)C)C3)cc1)C=N2. The summed E-state index contributed by atoms with van der Waals surface area (Å²) < 4.78 is 0. The van der Waals surface area contributed by atoms with E-state index in [1.54, 1.807) is 11.3 Å². The van der Waals surface area contributed by atoms with E-state index in [1.807, 2.05) is 26.1 Å². The molecular weight excluding hydrogens is 430 g/mol. The highest BCUT2D eigenvalue weighted by Crippen LogP contribution is 2.36. The predicted octanol–water partition coefficient (Wildman–Crippen LogP) is 4.99. The Hall–Kier alpha value is -2.02. The smallest absolute Gasteiger partial charge is 0.183 e. The van der Waals surface area contributed by atoms with Gasteiger partial charge in [-0.15, -0.1) is 11.3 Å². The number of rotatable bonds is 9. The van der Waals surface area contributed by atoms with Crippen LogP contribution in [0.3, 0.4) is 0 Å². The number of aryl methyl sites for hydroxylation is 2. The molecule has 1 aromatic carbocycles. The van der Waals surface area contributed by atoms with Gasteiger partial charge in [-0.3, -0.25) is 9.79 Å². The van der Waals surface area contributed by atoms with Crippen LogP contribution in [0.25, 0.3) is 0 Å². The second kappa shape index (κ2) is 10.5. The average Bonchev–Trinajstić information content (AvgIpc) is 3.45. The largest absolute Gasteiger partial charge is 0.393 e. The lowest BCUT2D eigenvalue weighted by Crippen LogP contribution is -2.31. The summed E-state index contributed by atoms with van der Waals surface area (Å²) in [5.74, 6) is 0.302. The lowest BCUT2D eigenvalue weighted by molar-refractivity contribution is 0.0955. The first-order valence-electron chi connectivity index (χ1n) is 12.2. The van der Waals surface area contributed by atoms with Gasteiger partial charge in [0.15, 0.2) is 5.78 Å². The molecule has 6 heteroatoms. The maximum Gasteiger partial charge on any atom is 0.183 e. The number of fused-ring (bicyclic) bond motifs is 1. The van der Waals surface area contributed by atoms with Crippen LogP contribution in [-0.4, -0.2) is 61.3 Å². The van der Waals surface area contributed by atoms with Crippen LogP contribution in [0.5, 0.6) is 0 Å². The number of benzene rings is 1.